The molecule has 2 aromatic rings. The van der Waals surface area contributed by atoms with Crippen molar-refractivity contribution >= 4 is 0 Å². The van der Waals surface area contributed by atoms with Crippen molar-refractivity contribution in [1.29, 1.82) is 0 Å². The second kappa shape index (κ2) is 7.85. The highest BCUT2D eigenvalue weighted by Gasteiger charge is 2.28. The number of rotatable bonds is 6. The molecule has 24 heavy (non-hydrogen) atoms. The van der Waals surface area contributed by atoms with Gasteiger partial charge in [-0.05, 0) is 31.0 Å². The summed E-state index contributed by atoms with van der Waals surface area (Å²) < 4.78 is 24.4. The van der Waals surface area contributed by atoms with Crippen LogP contribution in [-0.4, -0.2) is 34.7 Å². The Kier molecular flexibility index (Phi) is 5.58. The Bertz CT molecular complexity index is 644. The first-order valence-corrected chi connectivity index (χ1v) is 8.61. The van der Waals surface area contributed by atoms with Crippen LogP contribution in [0.3, 0.4) is 0 Å². The van der Waals surface area contributed by atoms with E-state index in [1.54, 1.807) is 12.1 Å². The standard InChI is InChI=1S/C18H24FN3O2/c1-3-4-5-17-20-18(24-21-17)13(2)22-10-11-23-16(12-22)14-6-8-15(19)9-7-14/h6-9,13,16H,3-5,10-12H2,1-2H3/t13-,16-/m0/s1. The van der Waals surface area contributed by atoms with Gasteiger partial charge in [-0.1, -0.05) is 30.6 Å². The zero-order valence-corrected chi connectivity index (χ0v) is 14.2. The molecule has 2 atom stereocenters. The van der Waals surface area contributed by atoms with Gasteiger partial charge in [0, 0.05) is 19.5 Å². The Morgan fingerprint density at radius 2 is 2.12 bits per heavy atom. The molecule has 0 N–H and O–H groups in total. The van der Waals surface area contributed by atoms with Gasteiger partial charge in [-0.15, -0.1) is 0 Å². The first kappa shape index (κ1) is 17.0. The van der Waals surface area contributed by atoms with E-state index < -0.39 is 0 Å². The monoisotopic (exact) mass is 333 g/mol. The van der Waals surface area contributed by atoms with Gasteiger partial charge in [0.1, 0.15) is 5.82 Å². The van der Waals surface area contributed by atoms with Gasteiger partial charge in [-0.2, -0.15) is 4.98 Å². The van der Waals surface area contributed by atoms with Crippen LogP contribution >= 0.6 is 0 Å². The maximum atomic E-state index is 13.1. The Hall–Kier alpha value is -1.79. The average Bonchev–Trinajstić information content (AvgIpc) is 3.09. The van der Waals surface area contributed by atoms with Crippen LogP contribution in [0.4, 0.5) is 4.39 Å². The lowest BCUT2D eigenvalue weighted by Crippen LogP contribution is -2.40. The molecule has 0 unspecified atom stereocenters. The van der Waals surface area contributed by atoms with Crippen LogP contribution in [0.25, 0.3) is 0 Å². The minimum Gasteiger partial charge on any atom is -0.371 e. The lowest BCUT2D eigenvalue weighted by molar-refractivity contribution is -0.0469. The quantitative estimate of drug-likeness (QED) is 0.807. The molecule has 1 fully saturated rings. The average molecular weight is 333 g/mol. The van der Waals surface area contributed by atoms with E-state index in [-0.39, 0.29) is 18.0 Å². The predicted octanol–water partition coefficient (Wildman–Crippen LogP) is 3.69. The molecule has 6 heteroatoms. The molecular formula is C18H24FN3O2. The molecule has 3 rings (SSSR count). The number of nitrogens with zero attached hydrogens (tertiary/aromatic N) is 3. The van der Waals surface area contributed by atoms with E-state index in [2.05, 4.69) is 28.9 Å². The van der Waals surface area contributed by atoms with Gasteiger partial charge < -0.3 is 9.26 Å². The molecule has 0 amide bonds. The highest BCUT2D eigenvalue weighted by atomic mass is 19.1. The summed E-state index contributed by atoms with van der Waals surface area (Å²) in [5.74, 6) is 1.20. The Labute approximate surface area is 141 Å². The summed E-state index contributed by atoms with van der Waals surface area (Å²) in [7, 11) is 0. The third-order valence-corrected chi connectivity index (χ3v) is 4.48. The molecule has 1 aromatic carbocycles. The minimum atomic E-state index is -0.231. The number of benzene rings is 1. The Morgan fingerprint density at radius 1 is 1.33 bits per heavy atom. The normalized spacial score (nSPS) is 20.2. The molecule has 1 aliphatic rings. The summed E-state index contributed by atoms with van der Waals surface area (Å²) in [6.07, 6.45) is 2.97. The first-order valence-electron chi connectivity index (χ1n) is 8.61. The van der Waals surface area contributed by atoms with Crippen molar-refractivity contribution in [3.05, 3.63) is 47.4 Å². The fraction of sp³-hybridized carbons (Fsp3) is 0.556. The van der Waals surface area contributed by atoms with E-state index in [0.29, 0.717) is 12.5 Å². The number of aromatic nitrogens is 2. The van der Waals surface area contributed by atoms with E-state index in [0.717, 1.165) is 43.7 Å². The number of unbranched alkanes of at least 4 members (excludes halogenated alkanes) is 1. The van der Waals surface area contributed by atoms with E-state index in [1.165, 1.54) is 12.1 Å². The molecule has 1 saturated heterocycles. The second-order valence-electron chi connectivity index (χ2n) is 6.23. The van der Waals surface area contributed by atoms with Gasteiger partial charge >= 0.3 is 0 Å². The van der Waals surface area contributed by atoms with Crippen molar-refractivity contribution in [3.63, 3.8) is 0 Å². The summed E-state index contributed by atoms with van der Waals surface area (Å²) in [6, 6.07) is 6.55. The maximum Gasteiger partial charge on any atom is 0.243 e. The second-order valence-corrected chi connectivity index (χ2v) is 6.23. The number of hydrogen-bond acceptors (Lipinski definition) is 5. The molecule has 0 saturated carbocycles. The third kappa shape index (κ3) is 3.99. The lowest BCUT2D eigenvalue weighted by atomic mass is 10.1. The van der Waals surface area contributed by atoms with Crippen molar-refractivity contribution in [2.24, 2.45) is 0 Å². The summed E-state index contributed by atoms with van der Waals surface area (Å²) >= 11 is 0. The number of aryl methyl sites for hydroxylation is 1. The topological polar surface area (TPSA) is 51.4 Å². The molecule has 0 aliphatic carbocycles. The molecule has 0 radical (unpaired) electrons. The van der Waals surface area contributed by atoms with E-state index >= 15 is 0 Å². The van der Waals surface area contributed by atoms with Crippen molar-refractivity contribution < 1.29 is 13.7 Å². The summed E-state index contributed by atoms with van der Waals surface area (Å²) in [5, 5.41) is 4.07. The van der Waals surface area contributed by atoms with Crippen LogP contribution in [0.5, 0.6) is 0 Å². The van der Waals surface area contributed by atoms with E-state index in [4.69, 9.17) is 9.26 Å². The van der Waals surface area contributed by atoms with Gasteiger partial charge in [0.25, 0.3) is 0 Å². The molecule has 0 spiro atoms. The van der Waals surface area contributed by atoms with Crippen molar-refractivity contribution in [2.75, 3.05) is 19.7 Å². The Morgan fingerprint density at radius 3 is 2.88 bits per heavy atom. The number of halogens is 1. The summed E-state index contributed by atoms with van der Waals surface area (Å²) in [4.78, 5) is 6.79. The SMILES string of the molecule is CCCCc1noc([C@H](C)N2CCO[C@H](c3ccc(F)cc3)C2)n1. The minimum absolute atomic E-state index is 0.0414. The molecule has 1 aromatic heterocycles. The zero-order valence-electron chi connectivity index (χ0n) is 14.2. The molecule has 5 nitrogen and oxygen atoms in total. The number of ether oxygens (including phenoxy) is 1. The van der Waals surface area contributed by atoms with Crippen molar-refractivity contribution in [3.8, 4) is 0 Å². The third-order valence-electron chi connectivity index (χ3n) is 4.48. The van der Waals surface area contributed by atoms with Crippen LogP contribution in [0.15, 0.2) is 28.8 Å². The lowest BCUT2D eigenvalue weighted by Gasteiger charge is -2.35. The zero-order chi connectivity index (χ0) is 16.9. The smallest absolute Gasteiger partial charge is 0.243 e. The van der Waals surface area contributed by atoms with Crippen LogP contribution < -0.4 is 0 Å². The van der Waals surface area contributed by atoms with Crippen molar-refractivity contribution in [2.45, 2.75) is 45.3 Å². The van der Waals surface area contributed by atoms with Crippen LogP contribution in [0.2, 0.25) is 0 Å². The molecule has 2 heterocycles. The molecule has 0 bridgehead atoms. The maximum absolute atomic E-state index is 13.1. The highest BCUT2D eigenvalue weighted by molar-refractivity contribution is 5.19. The van der Waals surface area contributed by atoms with Gasteiger partial charge in [-0.3, -0.25) is 4.90 Å². The van der Waals surface area contributed by atoms with E-state index in [9.17, 15) is 4.39 Å². The van der Waals surface area contributed by atoms with Gasteiger partial charge in [0.2, 0.25) is 5.89 Å². The summed E-state index contributed by atoms with van der Waals surface area (Å²) in [6.45, 7) is 6.38. The fourth-order valence-corrected chi connectivity index (χ4v) is 2.93. The van der Waals surface area contributed by atoms with E-state index in [1.807, 2.05) is 0 Å². The molecule has 1 aliphatic heterocycles. The van der Waals surface area contributed by atoms with Crippen LogP contribution in [0, 0.1) is 5.82 Å². The number of hydrogen-bond donors (Lipinski definition) is 0. The largest absolute Gasteiger partial charge is 0.371 e. The first-order chi connectivity index (χ1) is 11.7. The predicted molar refractivity (Wildman–Crippen MR) is 88.0 cm³/mol. The van der Waals surface area contributed by atoms with Crippen LogP contribution in [0.1, 0.15) is 56.1 Å². The van der Waals surface area contributed by atoms with Gasteiger partial charge in [0.15, 0.2) is 5.82 Å². The summed E-state index contributed by atoms with van der Waals surface area (Å²) in [5.41, 5.74) is 0.988. The van der Waals surface area contributed by atoms with Gasteiger partial charge in [0.05, 0.1) is 18.8 Å². The highest BCUT2D eigenvalue weighted by Crippen LogP contribution is 2.28. The molecular weight excluding hydrogens is 309 g/mol. The van der Waals surface area contributed by atoms with Gasteiger partial charge in [-0.25, -0.2) is 4.39 Å². The van der Waals surface area contributed by atoms with Crippen LogP contribution in [-0.2, 0) is 11.2 Å². The van der Waals surface area contributed by atoms with Crippen molar-refractivity contribution in [1.82, 2.24) is 15.0 Å². The fourth-order valence-electron chi connectivity index (χ4n) is 2.93. The molecule has 130 valence electrons. The Balaban J connectivity index is 1.65. The number of morpholine rings is 1.